The van der Waals surface area contributed by atoms with Crippen molar-refractivity contribution in [1.29, 1.82) is 0 Å². The predicted octanol–water partition coefficient (Wildman–Crippen LogP) is 4.86. The van der Waals surface area contributed by atoms with Crippen LogP contribution in [0.25, 0.3) is 10.2 Å². The van der Waals surface area contributed by atoms with Crippen LogP contribution in [0.15, 0.2) is 76.4 Å². The number of ether oxygens (including phenoxy) is 1. The number of aromatic nitrogens is 2. The van der Waals surface area contributed by atoms with E-state index in [1.165, 1.54) is 35.5 Å². The summed E-state index contributed by atoms with van der Waals surface area (Å²) in [7, 11) is -2.12. The average Bonchev–Trinajstić information content (AvgIpc) is 3.24. The summed E-state index contributed by atoms with van der Waals surface area (Å²) in [5.41, 5.74) is 1.59. The number of hydrogen-bond donors (Lipinski definition) is 0. The third kappa shape index (κ3) is 5.58. The number of rotatable bonds is 8. The number of carbonyl (C=O) groups excluding carboxylic acids is 1. The first-order valence-electron chi connectivity index (χ1n) is 9.98. The van der Waals surface area contributed by atoms with Gasteiger partial charge in [-0.2, -0.15) is 0 Å². The standard InChI is InChI=1S/C23H20BrN3O4S2/c1-31-18-5-7-19(8-6-18)33(29,30)12-10-22(28)27(15-16-3-2-11-25-14-16)23-26-20-9-4-17(24)13-21(20)32-23/h2-9,11,13-14H,10,12,15H2,1H3. The minimum absolute atomic E-state index is 0.153. The van der Waals surface area contributed by atoms with E-state index in [0.29, 0.717) is 10.9 Å². The van der Waals surface area contributed by atoms with Crippen LogP contribution >= 0.6 is 27.3 Å². The maximum atomic E-state index is 13.2. The molecule has 0 atom stereocenters. The van der Waals surface area contributed by atoms with Gasteiger partial charge >= 0.3 is 0 Å². The zero-order valence-corrected chi connectivity index (χ0v) is 20.9. The van der Waals surface area contributed by atoms with Crippen molar-refractivity contribution in [2.45, 2.75) is 17.9 Å². The number of fused-ring (bicyclic) bond motifs is 1. The van der Waals surface area contributed by atoms with Gasteiger partial charge < -0.3 is 4.74 Å². The Morgan fingerprint density at radius 1 is 1.15 bits per heavy atom. The molecule has 0 aliphatic carbocycles. The first-order valence-corrected chi connectivity index (χ1v) is 13.2. The summed E-state index contributed by atoms with van der Waals surface area (Å²) in [5.74, 6) is -0.0674. The van der Waals surface area contributed by atoms with Gasteiger partial charge in [0.15, 0.2) is 15.0 Å². The largest absolute Gasteiger partial charge is 0.497 e. The van der Waals surface area contributed by atoms with E-state index in [-0.39, 0.29) is 29.5 Å². The fourth-order valence-electron chi connectivity index (χ4n) is 3.20. The van der Waals surface area contributed by atoms with E-state index in [1.807, 2.05) is 24.3 Å². The van der Waals surface area contributed by atoms with E-state index in [1.54, 1.807) is 30.6 Å². The highest BCUT2D eigenvalue weighted by Gasteiger charge is 2.24. The van der Waals surface area contributed by atoms with Gasteiger partial charge in [-0.25, -0.2) is 13.4 Å². The lowest BCUT2D eigenvalue weighted by Gasteiger charge is -2.20. The molecule has 10 heteroatoms. The van der Waals surface area contributed by atoms with Gasteiger partial charge in [0.1, 0.15) is 5.75 Å². The van der Waals surface area contributed by atoms with Crippen LogP contribution in [0, 0.1) is 0 Å². The Hall–Kier alpha value is -2.82. The molecule has 0 fully saturated rings. The number of carbonyl (C=O) groups is 1. The topological polar surface area (TPSA) is 89.5 Å². The van der Waals surface area contributed by atoms with Gasteiger partial charge in [0.2, 0.25) is 5.91 Å². The van der Waals surface area contributed by atoms with Gasteiger partial charge in [-0.15, -0.1) is 0 Å². The first-order chi connectivity index (χ1) is 15.9. The summed E-state index contributed by atoms with van der Waals surface area (Å²) in [6.07, 6.45) is 3.17. The summed E-state index contributed by atoms with van der Waals surface area (Å²) in [6, 6.07) is 15.5. The van der Waals surface area contributed by atoms with E-state index in [2.05, 4.69) is 25.9 Å². The SMILES string of the molecule is COc1ccc(S(=O)(=O)CCC(=O)N(Cc2cccnc2)c2nc3ccc(Br)cc3s2)cc1. The quantitative estimate of drug-likeness (QED) is 0.314. The predicted molar refractivity (Wildman–Crippen MR) is 132 cm³/mol. The molecule has 0 aliphatic rings. The number of anilines is 1. The Bertz CT molecular complexity index is 1370. The van der Waals surface area contributed by atoms with Crippen molar-refractivity contribution in [2.75, 3.05) is 17.8 Å². The average molecular weight is 546 g/mol. The van der Waals surface area contributed by atoms with E-state index in [4.69, 9.17) is 4.74 Å². The van der Waals surface area contributed by atoms with Crippen LogP contribution in [0.2, 0.25) is 0 Å². The number of halogens is 1. The molecule has 170 valence electrons. The zero-order chi connectivity index (χ0) is 23.4. The van der Waals surface area contributed by atoms with Crippen LogP contribution in [-0.2, 0) is 21.2 Å². The molecular formula is C23H20BrN3O4S2. The summed E-state index contributed by atoms with van der Waals surface area (Å²) in [5, 5.41) is 0.513. The van der Waals surface area contributed by atoms with Crippen molar-refractivity contribution in [3.05, 3.63) is 77.0 Å². The molecule has 0 radical (unpaired) electrons. The molecular weight excluding hydrogens is 526 g/mol. The second-order valence-electron chi connectivity index (χ2n) is 7.19. The van der Waals surface area contributed by atoms with E-state index >= 15 is 0 Å². The van der Waals surface area contributed by atoms with Crippen molar-refractivity contribution >= 4 is 58.4 Å². The molecule has 2 aromatic carbocycles. The lowest BCUT2D eigenvalue weighted by Crippen LogP contribution is -2.31. The summed E-state index contributed by atoms with van der Waals surface area (Å²) >= 11 is 4.84. The third-order valence-electron chi connectivity index (χ3n) is 4.94. The van der Waals surface area contributed by atoms with Crippen molar-refractivity contribution in [3.63, 3.8) is 0 Å². The van der Waals surface area contributed by atoms with Crippen LogP contribution in [0.5, 0.6) is 5.75 Å². The van der Waals surface area contributed by atoms with E-state index in [0.717, 1.165) is 20.3 Å². The van der Waals surface area contributed by atoms with Crippen LogP contribution in [-0.4, -0.2) is 37.2 Å². The number of nitrogens with zero attached hydrogens (tertiary/aromatic N) is 3. The van der Waals surface area contributed by atoms with Gasteiger partial charge in [-0.1, -0.05) is 33.3 Å². The van der Waals surface area contributed by atoms with Crippen LogP contribution < -0.4 is 9.64 Å². The van der Waals surface area contributed by atoms with Crippen molar-refractivity contribution in [2.24, 2.45) is 0 Å². The Balaban J connectivity index is 1.58. The highest BCUT2D eigenvalue weighted by molar-refractivity contribution is 9.10. The van der Waals surface area contributed by atoms with Gasteiger partial charge in [0.05, 0.1) is 34.5 Å². The second-order valence-corrected chi connectivity index (χ2v) is 11.2. The normalized spacial score (nSPS) is 11.5. The Labute approximate surface area is 204 Å². The molecule has 1 amide bonds. The van der Waals surface area contributed by atoms with Gasteiger partial charge in [-0.3, -0.25) is 14.7 Å². The summed E-state index contributed by atoms with van der Waals surface area (Å²) in [4.78, 5) is 23.7. The van der Waals surface area contributed by atoms with E-state index < -0.39 is 9.84 Å². The minimum atomic E-state index is -3.64. The third-order valence-corrected chi connectivity index (χ3v) is 8.20. The first kappa shape index (κ1) is 23.3. The molecule has 2 aromatic heterocycles. The molecule has 0 saturated carbocycles. The van der Waals surface area contributed by atoms with Crippen LogP contribution in [0.3, 0.4) is 0 Å². The molecule has 0 saturated heterocycles. The smallest absolute Gasteiger partial charge is 0.230 e. The zero-order valence-electron chi connectivity index (χ0n) is 17.6. The Morgan fingerprint density at radius 3 is 2.64 bits per heavy atom. The maximum absolute atomic E-state index is 13.2. The van der Waals surface area contributed by atoms with Gasteiger partial charge in [0.25, 0.3) is 0 Å². The molecule has 33 heavy (non-hydrogen) atoms. The van der Waals surface area contributed by atoms with E-state index in [9.17, 15) is 13.2 Å². The number of methoxy groups -OCH3 is 1. The number of benzene rings is 2. The van der Waals surface area contributed by atoms with Gasteiger partial charge in [-0.05, 0) is 54.1 Å². The molecule has 0 bridgehead atoms. The Morgan fingerprint density at radius 2 is 1.94 bits per heavy atom. The second kappa shape index (κ2) is 9.98. The lowest BCUT2D eigenvalue weighted by atomic mass is 10.2. The van der Waals surface area contributed by atoms with Crippen molar-refractivity contribution < 1.29 is 17.9 Å². The molecule has 0 spiro atoms. The number of amides is 1. The number of thiazole rings is 1. The highest BCUT2D eigenvalue weighted by Crippen LogP contribution is 2.32. The van der Waals surface area contributed by atoms with Crippen molar-refractivity contribution in [3.8, 4) is 5.75 Å². The fraction of sp³-hybridized carbons (Fsp3) is 0.174. The lowest BCUT2D eigenvalue weighted by molar-refractivity contribution is -0.118. The van der Waals surface area contributed by atoms with Gasteiger partial charge in [0, 0.05) is 23.3 Å². The highest BCUT2D eigenvalue weighted by atomic mass is 79.9. The summed E-state index contributed by atoms with van der Waals surface area (Å²) < 4.78 is 32.5. The Kier molecular flexibility index (Phi) is 7.06. The fourth-order valence-corrected chi connectivity index (χ4v) is 5.96. The van der Waals surface area contributed by atoms with Crippen molar-refractivity contribution in [1.82, 2.24) is 9.97 Å². The maximum Gasteiger partial charge on any atom is 0.230 e. The molecule has 4 aromatic rings. The number of pyridine rings is 1. The molecule has 2 heterocycles. The number of hydrogen-bond acceptors (Lipinski definition) is 7. The minimum Gasteiger partial charge on any atom is -0.497 e. The molecule has 0 aliphatic heterocycles. The molecule has 0 unspecified atom stereocenters. The number of sulfone groups is 1. The molecule has 7 nitrogen and oxygen atoms in total. The monoisotopic (exact) mass is 545 g/mol. The molecule has 0 N–H and O–H groups in total. The summed E-state index contributed by atoms with van der Waals surface area (Å²) in [6.45, 7) is 0.246. The molecule has 4 rings (SSSR count). The van der Waals surface area contributed by atoms with Crippen LogP contribution in [0.4, 0.5) is 5.13 Å². The van der Waals surface area contributed by atoms with Crippen LogP contribution in [0.1, 0.15) is 12.0 Å².